The molecule has 0 bridgehead atoms. The summed E-state index contributed by atoms with van der Waals surface area (Å²) < 4.78 is 0. The molecular weight excluding hydrogens is 280 g/mol. The van der Waals surface area contributed by atoms with Gasteiger partial charge in [0.1, 0.15) is 6.04 Å². The van der Waals surface area contributed by atoms with Crippen molar-refractivity contribution in [3.63, 3.8) is 0 Å². The fraction of sp³-hybridized carbons (Fsp3) is 0.750. The zero-order valence-corrected chi connectivity index (χ0v) is 12.2. The normalized spacial score (nSPS) is 17.1. The molecule has 1 aliphatic carbocycles. The molecule has 114 valence electrons. The summed E-state index contributed by atoms with van der Waals surface area (Å²) in [6.45, 7) is 0.439. The smallest absolute Gasteiger partial charge is 0.243 e. The number of hydrogen-bond donors (Lipinski definition) is 5. The first-order chi connectivity index (χ1) is 9.43. The third-order valence-corrected chi connectivity index (χ3v) is 3.29. The Morgan fingerprint density at radius 3 is 2.40 bits per heavy atom. The highest BCUT2D eigenvalue weighted by molar-refractivity contribution is 7.81. The van der Waals surface area contributed by atoms with Crippen LogP contribution in [0.4, 0.5) is 0 Å². The number of thiol groups is 1. The van der Waals surface area contributed by atoms with Crippen LogP contribution in [0.2, 0.25) is 0 Å². The van der Waals surface area contributed by atoms with Gasteiger partial charge in [-0.05, 0) is 32.2 Å². The first kappa shape index (κ1) is 16.8. The SMILES string of the molecule is NCCCC(NC(=O)C1CC1)C(=O)NC(S)CC(N)=O. The lowest BCUT2D eigenvalue weighted by atomic mass is 10.1. The van der Waals surface area contributed by atoms with E-state index in [9.17, 15) is 14.4 Å². The second kappa shape index (κ2) is 8.11. The average Bonchev–Trinajstić information content (AvgIpc) is 3.16. The maximum Gasteiger partial charge on any atom is 0.243 e. The van der Waals surface area contributed by atoms with Crippen LogP contribution in [0.25, 0.3) is 0 Å². The highest BCUT2D eigenvalue weighted by atomic mass is 32.1. The molecule has 1 aliphatic rings. The predicted octanol–water partition coefficient (Wildman–Crippen LogP) is -1.13. The van der Waals surface area contributed by atoms with Crippen LogP contribution >= 0.6 is 12.6 Å². The second-order valence-electron chi connectivity index (χ2n) is 4.96. The first-order valence-electron chi connectivity index (χ1n) is 6.71. The van der Waals surface area contributed by atoms with Crippen molar-refractivity contribution in [2.24, 2.45) is 17.4 Å². The van der Waals surface area contributed by atoms with Gasteiger partial charge in [-0.3, -0.25) is 14.4 Å². The average molecular weight is 302 g/mol. The van der Waals surface area contributed by atoms with Crippen molar-refractivity contribution >= 4 is 30.4 Å². The monoisotopic (exact) mass is 302 g/mol. The van der Waals surface area contributed by atoms with Gasteiger partial charge < -0.3 is 22.1 Å². The van der Waals surface area contributed by atoms with Gasteiger partial charge in [0.15, 0.2) is 0 Å². The molecular formula is C12H22N4O3S. The van der Waals surface area contributed by atoms with E-state index in [0.29, 0.717) is 19.4 Å². The Morgan fingerprint density at radius 1 is 1.25 bits per heavy atom. The fourth-order valence-electron chi connectivity index (χ4n) is 1.73. The maximum atomic E-state index is 12.1. The van der Waals surface area contributed by atoms with Gasteiger partial charge in [-0.2, -0.15) is 12.6 Å². The maximum absolute atomic E-state index is 12.1. The minimum atomic E-state index is -0.654. The zero-order valence-electron chi connectivity index (χ0n) is 11.3. The number of primary amides is 1. The quantitative estimate of drug-likeness (QED) is 0.273. The van der Waals surface area contributed by atoms with Crippen LogP contribution in [-0.2, 0) is 14.4 Å². The molecule has 2 unspecified atom stereocenters. The second-order valence-corrected chi connectivity index (χ2v) is 5.58. The Hall–Kier alpha value is -1.28. The summed E-state index contributed by atoms with van der Waals surface area (Å²) in [7, 11) is 0. The lowest BCUT2D eigenvalue weighted by Gasteiger charge is -2.20. The lowest BCUT2D eigenvalue weighted by molar-refractivity contribution is -0.130. The largest absolute Gasteiger partial charge is 0.370 e. The molecule has 0 heterocycles. The third kappa shape index (κ3) is 6.25. The van der Waals surface area contributed by atoms with Crippen molar-refractivity contribution in [2.75, 3.05) is 6.54 Å². The van der Waals surface area contributed by atoms with Crippen LogP contribution in [0.1, 0.15) is 32.1 Å². The molecule has 1 fully saturated rings. The van der Waals surface area contributed by atoms with Crippen molar-refractivity contribution in [1.29, 1.82) is 0 Å². The molecule has 0 saturated heterocycles. The number of rotatable bonds is 9. The van der Waals surface area contributed by atoms with Crippen molar-refractivity contribution < 1.29 is 14.4 Å². The van der Waals surface area contributed by atoms with E-state index in [1.54, 1.807) is 0 Å². The summed E-state index contributed by atoms with van der Waals surface area (Å²) in [6.07, 6.45) is 2.75. The molecule has 1 rings (SSSR count). The molecule has 6 N–H and O–H groups in total. The van der Waals surface area contributed by atoms with E-state index in [1.807, 2.05) is 0 Å². The van der Waals surface area contributed by atoms with Crippen LogP contribution in [0.5, 0.6) is 0 Å². The van der Waals surface area contributed by atoms with Gasteiger partial charge in [-0.15, -0.1) is 0 Å². The molecule has 3 amide bonds. The highest BCUT2D eigenvalue weighted by Gasteiger charge is 2.32. The van der Waals surface area contributed by atoms with Crippen LogP contribution in [0.15, 0.2) is 0 Å². The number of carbonyl (C=O) groups is 3. The molecule has 0 aromatic carbocycles. The Kier molecular flexibility index (Phi) is 6.80. The van der Waals surface area contributed by atoms with Gasteiger partial charge in [-0.25, -0.2) is 0 Å². The number of nitrogens with one attached hydrogen (secondary N) is 2. The number of amides is 3. The molecule has 2 atom stereocenters. The van der Waals surface area contributed by atoms with Crippen LogP contribution < -0.4 is 22.1 Å². The molecule has 0 radical (unpaired) electrons. The molecule has 0 aliphatic heterocycles. The number of carbonyl (C=O) groups excluding carboxylic acids is 3. The Bertz CT molecular complexity index is 374. The van der Waals surface area contributed by atoms with E-state index in [4.69, 9.17) is 11.5 Å². The van der Waals surface area contributed by atoms with Crippen LogP contribution in [-0.4, -0.2) is 35.7 Å². The van der Waals surface area contributed by atoms with Crippen molar-refractivity contribution in [3.05, 3.63) is 0 Å². The topological polar surface area (TPSA) is 127 Å². The third-order valence-electron chi connectivity index (χ3n) is 2.98. The Labute approximate surface area is 123 Å². The van der Waals surface area contributed by atoms with Crippen molar-refractivity contribution in [3.8, 4) is 0 Å². The van der Waals surface area contributed by atoms with Crippen LogP contribution in [0, 0.1) is 5.92 Å². The highest BCUT2D eigenvalue weighted by Crippen LogP contribution is 2.29. The minimum absolute atomic E-state index is 0.0283. The van der Waals surface area contributed by atoms with E-state index >= 15 is 0 Å². The number of hydrogen-bond acceptors (Lipinski definition) is 5. The van der Waals surface area contributed by atoms with E-state index in [-0.39, 0.29) is 24.2 Å². The molecule has 20 heavy (non-hydrogen) atoms. The van der Waals surface area contributed by atoms with E-state index in [1.165, 1.54) is 0 Å². The van der Waals surface area contributed by atoms with Crippen LogP contribution in [0.3, 0.4) is 0 Å². The minimum Gasteiger partial charge on any atom is -0.370 e. The summed E-state index contributed by atoms with van der Waals surface area (Å²) in [5.41, 5.74) is 10.5. The molecule has 8 heteroatoms. The lowest BCUT2D eigenvalue weighted by Crippen LogP contribution is -2.49. The van der Waals surface area contributed by atoms with Gasteiger partial charge in [0.05, 0.1) is 11.8 Å². The number of nitrogens with two attached hydrogens (primary N) is 2. The molecule has 0 aromatic heterocycles. The summed E-state index contributed by atoms with van der Waals surface area (Å²) >= 11 is 4.07. The first-order valence-corrected chi connectivity index (χ1v) is 7.23. The van der Waals surface area contributed by atoms with Gasteiger partial charge in [0.25, 0.3) is 0 Å². The summed E-state index contributed by atoms with van der Waals surface area (Å²) in [6, 6.07) is -0.644. The van der Waals surface area contributed by atoms with Gasteiger partial charge in [-0.1, -0.05) is 0 Å². The Morgan fingerprint density at radius 2 is 1.90 bits per heavy atom. The summed E-state index contributed by atoms with van der Waals surface area (Å²) in [5, 5.41) is 4.61. The zero-order chi connectivity index (χ0) is 15.1. The Balaban J connectivity index is 2.49. The standard InChI is InChI=1S/C12H22N4O3S/c13-5-1-2-8(15-11(18)7-3-4-7)12(19)16-10(20)6-9(14)17/h7-8,10,20H,1-6,13H2,(H2,14,17)(H,15,18)(H,16,19). The molecule has 0 aromatic rings. The van der Waals surface area contributed by atoms with Crippen molar-refractivity contribution in [2.45, 2.75) is 43.5 Å². The molecule has 7 nitrogen and oxygen atoms in total. The van der Waals surface area contributed by atoms with Gasteiger partial charge in [0.2, 0.25) is 17.7 Å². The predicted molar refractivity (Wildman–Crippen MR) is 77.7 cm³/mol. The molecule has 0 spiro atoms. The summed E-state index contributed by atoms with van der Waals surface area (Å²) in [5.74, 6) is -0.993. The van der Waals surface area contributed by atoms with Crippen molar-refractivity contribution in [1.82, 2.24) is 10.6 Å². The van der Waals surface area contributed by atoms with Gasteiger partial charge >= 0.3 is 0 Å². The van der Waals surface area contributed by atoms with E-state index < -0.39 is 17.3 Å². The van der Waals surface area contributed by atoms with Gasteiger partial charge in [0, 0.05) is 5.92 Å². The van der Waals surface area contributed by atoms with E-state index in [0.717, 1.165) is 12.8 Å². The fourth-order valence-corrected chi connectivity index (χ4v) is 2.04. The molecule has 1 saturated carbocycles. The van der Waals surface area contributed by atoms with E-state index in [2.05, 4.69) is 23.3 Å². The summed E-state index contributed by atoms with van der Waals surface area (Å²) in [4.78, 5) is 34.5.